The van der Waals surface area contributed by atoms with Gasteiger partial charge in [-0.3, -0.25) is 0 Å². The van der Waals surface area contributed by atoms with Crippen LogP contribution in [0.4, 0.5) is 4.39 Å². The largest absolute Gasteiger partial charge is 0.310 e. The normalized spacial score (nSPS) is 13.7. The Labute approximate surface area is 114 Å². The molecule has 1 N–H and O–H groups in total. The average molecular weight is 259 g/mol. The Morgan fingerprint density at radius 1 is 1.05 bits per heavy atom. The molecule has 0 saturated carbocycles. The summed E-state index contributed by atoms with van der Waals surface area (Å²) in [6.45, 7) is 9.62. The molecule has 0 aliphatic heterocycles. The van der Waals surface area contributed by atoms with Crippen LogP contribution >= 0.6 is 0 Å². The van der Waals surface area contributed by atoms with E-state index < -0.39 is 0 Å². The van der Waals surface area contributed by atoms with Crippen molar-refractivity contribution in [2.75, 3.05) is 6.54 Å². The molecule has 0 bridgehead atoms. The summed E-state index contributed by atoms with van der Waals surface area (Å²) in [5.41, 5.74) is 1.25. The minimum Gasteiger partial charge on any atom is -0.310 e. The summed E-state index contributed by atoms with van der Waals surface area (Å²) in [7, 11) is 0. The molecule has 1 nitrogen and oxygen atoms in total. The molecule has 19 heavy (non-hydrogen) atoms. The van der Waals surface area contributed by atoms with Gasteiger partial charge in [0.25, 0.3) is 0 Å². The van der Waals surface area contributed by atoms with Gasteiger partial charge in [0.15, 0.2) is 0 Å². The lowest BCUT2D eigenvalue weighted by molar-refractivity contribution is 0.278. The first-order valence-corrected chi connectivity index (χ1v) is 6.85. The summed E-state index contributed by atoms with van der Waals surface area (Å²) >= 11 is 0. The molecule has 0 fully saturated rings. The molecule has 0 spiro atoms. The molecule has 0 heterocycles. The van der Waals surface area contributed by atoms with E-state index in [9.17, 15) is 4.39 Å². The zero-order valence-electron chi connectivity index (χ0n) is 12.1. The van der Waals surface area contributed by atoms with Crippen LogP contribution in [-0.2, 0) is 0 Å². The molecule has 2 aromatic carbocycles. The van der Waals surface area contributed by atoms with Crippen LogP contribution in [0.3, 0.4) is 0 Å². The fourth-order valence-electron chi connectivity index (χ4n) is 2.62. The standard InChI is InChI=1S/C17H22FN/c1-5-19-16(17(2,3)4)14-10-11-15(18)13-9-7-6-8-12(13)14/h6-11,16,19H,5H2,1-4H3. The van der Waals surface area contributed by atoms with Crippen molar-refractivity contribution in [2.45, 2.75) is 33.7 Å². The Kier molecular flexibility index (Phi) is 3.91. The second kappa shape index (κ2) is 5.30. The van der Waals surface area contributed by atoms with Gasteiger partial charge in [0.05, 0.1) is 0 Å². The van der Waals surface area contributed by atoms with E-state index in [2.05, 4.69) is 33.0 Å². The van der Waals surface area contributed by atoms with Crippen LogP contribution in [0.25, 0.3) is 10.8 Å². The Hall–Kier alpha value is -1.41. The van der Waals surface area contributed by atoms with Gasteiger partial charge >= 0.3 is 0 Å². The smallest absolute Gasteiger partial charge is 0.131 e. The molecule has 2 aromatic rings. The molecule has 2 rings (SSSR count). The zero-order chi connectivity index (χ0) is 14.0. The first-order chi connectivity index (χ1) is 8.95. The molecule has 2 heteroatoms. The third kappa shape index (κ3) is 2.79. The third-order valence-electron chi connectivity index (χ3n) is 3.49. The summed E-state index contributed by atoms with van der Waals surface area (Å²) < 4.78 is 13.9. The van der Waals surface area contributed by atoms with Gasteiger partial charge in [0, 0.05) is 11.4 Å². The summed E-state index contributed by atoms with van der Waals surface area (Å²) in [5, 5.41) is 5.23. The molecule has 0 aromatic heterocycles. The molecule has 0 aliphatic carbocycles. The molecule has 1 unspecified atom stereocenters. The molecule has 0 amide bonds. The monoisotopic (exact) mass is 259 g/mol. The van der Waals surface area contributed by atoms with Crippen LogP contribution in [0.1, 0.15) is 39.3 Å². The first kappa shape index (κ1) is 14.0. The highest BCUT2D eigenvalue weighted by Gasteiger charge is 2.27. The van der Waals surface area contributed by atoms with E-state index in [0.29, 0.717) is 5.39 Å². The van der Waals surface area contributed by atoms with Crippen molar-refractivity contribution in [3.8, 4) is 0 Å². The van der Waals surface area contributed by atoms with Crippen molar-refractivity contribution >= 4 is 10.8 Å². The van der Waals surface area contributed by atoms with Gasteiger partial charge in [-0.2, -0.15) is 0 Å². The highest BCUT2D eigenvalue weighted by Crippen LogP contribution is 2.36. The molecule has 0 aliphatic rings. The summed E-state index contributed by atoms with van der Waals surface area (Å²) in [4.78, 5) is 0. The number of nitrogens with one attached hydrogen (secondary N) is 1. The number of benzene rings is 2. The van der Waals surface area contributed by atoms with Crippen LogP contribution in [0.5, 0.6) is 0 Å². The van der Waals surface area contributed by atoms with Gasteiger partial charge < -0.3 is 5.32 Å². The summed E-state index contributed by atoms with van der Waals surface area (Å²) in [5.74, 6) is -0.150. The lowest BCUT2D eigenvalue weighted by Crippen LogP contribution is -2.32. The predicted octanol–water partition coefficient (Wildman–Crippen LogP) is 4.68. The van der Waals surface area contributed by atoms with Gasteiger partial charge in [0.2, 0.25) is 0 Å². The maximum absolute atomic E-state index is 13.9. The van der Waals surface area contributed by atoms with E-state index in [-0.39, 0.29) is 17.3 Å². The minimum atomic E-state index is -0.150. The molecule has 102 valence electrons. The maximum Gasteiger partial charge on any atom is 0.131 e. The Balaban J connectivity index is 2.64. The second-order valence-corrected chi connectivity index (χ2v) is 6.04. The number of halogens is 1. The van der Waals surface area contributed by atoms with Crippen molar-refractivity contribution in [1.29, 1.82) is 0 Å². The van der Waals surface area contributed by atoms with Crippen LogP contribution < -0.4 is 5.32 Å². The number of hydrogen-bond donors (Lipinski definition) is 1. The molecule has 0 saturated heterocycles. The topological polar surface area (TPSA) is 12.0 Å². The zero-order valence-corrected chi connectivity index (χ0v) is 12.1. The Morgan fingerprint density at radius 3 is 2.26 bits per heavy atom. The lowest BCUT2D eigenvalue weighted by atomic mass is 9.80. The first-order valence-electron chi connectivity index (χ1n) is 6.85. The van der Waals surface area contributed by atoms with Crippen LogP contribution in [0, 0.1) is 11.2 Å². The van der Waals surface area contributed by atoms with E-state index in [1.54, 1.807) is 6.07 Å². The van der Waals surface area contributed by atoms with Crippen molar-refractivity contribution in [1.82, 2.24) is 5.32 Å². The van der Waals surface area contributed by atoms with Crippen molar-refractivity contribution in [3.63, 3.8) is 0 Å². The Morgan fingerprint density at radius 2 is 1.68 bits per heavy atom. The van der Waals surface area contributed by atoms with E-state index in [1.165, 1.54) is 5.56 Å². The molecular formula is C17H22FN. The minimum absolute atomic E-state index is 0.0800. The van der Waals surface area contributed by atoms with E-state index in [1.807, 2.05) is 30.3 Å². The third-order valence-corrected chi connectivity index (χ3v) is 3.49. The quantitative estimate of drug-likeness (QED) is 0.844. The fourth-order valence-corrected chi connectivity index (χ4v) is 2.62. The van der Waals surface area contributed by atoms with Crippen molar-refractivity contribution in [3.05, 3.63) is 47.8 Å². The van der Waals surface area contributed by atoms with Gasteiger partial charge in [0.1, 0.15) is 5.82 Å². The fraction of sp³-hybridized carbons (Fsp3) is 0.412. The Bertz CT molecular complexity index is 569. The number of rotatable bonds is 3. The predicted molar refractivity (Wildman–Crippen MR) is 79.8 cm³/mol. The van der Waals surface area contributed by atoms with Gasteiger partial charge in [-0.05, 0) is 29.0 Å². The van der Waals surface area contributed by atoms with Crippen molar-refractivity contribution < 1.29 is 4.39 Å². The van der Waals surface area contributed by atoms with E-state index in [4.69, 9.17) is 0 Å². The van der Waals surface area contributed by atoms with Gasteiger partial charge in [-0.1, -0.05) is 58.0 Å². The van der Waals surface area contributed by atoms with Gasteiger partial charge in [-0.15, -0.1) is 0 Å². The van der Waals surface area contributed by atoms with E-state index in [0.717, 1.165) is 11.9 Å². The molecular weight excluding hydrogens is 237 g/mol. The van der Waals surface area contributed by atoms with E-state index >= 15 is 0 Å². The van der Waals surface area contributed by atoms with Crippen LogP contribution in [-0.4, -0.2) is 6.54 Å². The average Bonchev–Trinajstić information content (AvgIpc) is 2.36. The lowest BCUT2D eigenvalue weighted by Gasteiger charge is -2.32. The number of hydrogen-bond acceptors (Lipinski definition) is 1. The summed E-state index contributed by atoms with van der Waals surface area (Å²) in [6.07, 6.45) is 0. The van der Waals surface area contributed by atoms with Gasteiger partial charge in [-0.25, -0.2) is 4.39 Å². The SMILES string of the molecule is CCNC(c1ccc(F)c2ccccc12)C(C)(C)C. The number of fused-ring (bicyclic) bond motifs is 1. The van der Waals surface area contributed by atoms with Crippen LogP contribution in [0.2, 0.25) is 0 Å². The highest BCUT2D eigenvalue weighted by atomic mass is 19.1. The molecule has 1 atom stereocenters. The molecule has 0 radical (unpaired) electrons. The maximum atomic E-state index is 13.9. The van der Waals surface area contributed by atoms with Crippen LogP contribution in [0.15, 0.2) is 36.4 Å². The summed E-state index contributed by atoms with van der Waals surface area (Å²) in [6, 6.07) is 11.4. The second-order valence-electron chi connectivity index (χ2n) is 6.04. The highest BCUT2D eigenvalue weighted by molar-refractivity contribution is 5.86. The van der Waals surface area contributed by atoms with Crippen molar-refractivity contribution in [2.24, 2.45) is 5.41 Å².